The molecule has 0 amide bonds. The van der Waals surface area contributed by atoms with Crippen LogP contribution in [0.15, 0.2) is 53.6 Å². The Bertz CT molecular complexity index is 1820. The molecule has 12 heteroatoms. The maximum atomic E-state index is 15.4. The van der Waals surface area contributed by atoms with Gasteiger partial charge in [-0.1, -0.05) is 12.1 Å². The van der Waals surface area contributed by atoms with Gasteiger partial charge in [-0.15, -0.1) is 0 Å². The van der Waals surface area contributed by atoms with E-state index >= 15 is 4.39 Å². The Morgan fingerprint density at radius 3 is 2.57 bits per heavy atom. The molecule has 0 spiro atoms. The molecule has 220 valence electrons. The number of aromatic nitrogens is 3. The molecule has 6 rings (SSSR count). The topological polar surface area (TPSA) is 124 Å². The highest BCUT2D eigenvalue weighted by Gasteiger charge is 2.26. The van der Waals surface area contributed by atoms with Gasteiger partial charge in [0.15, 0.2) is 0 Å². The summed E-state index contributed by atoms with van der Waals surface area (Å²) >= 11 is 0. The van der Waals surface area contributed by atoms with Crippen LogP contribution in [0.3, 0.4) is 0 Å². The summed E-state index contributed by atoms with van der Waals surface area (Å²) in [5.41, 5.74) is 10.2. The van der Waals surface area contributed by atoms with Crippen molar-refractivity contribution in [1.82, 2.24) is 20.1 Å². The SMILES string of the molecule is CCn1nc(-c2ccc(NS(=O)(=O)c3ccc(F)c(C)c3)c(F)c2)c2c(N)ncc(C3=CCC(NC4COC4)CC3)c21. The van der Waals surface area contributed by atoms with Gasteiger partial charge in [-0.3, -0.25) is 9.40 Å². The number of halogens is 2. The summed E-state index contributed by atoms with van der Waals surface area (Å²) in [5.74, 6) is -1.04. The van der Waals surface area contributed by atoms with Crippen molar-refractivity contribution in [3.63, 3.8) is 0 Å². The van der Waals surface area contributed by atoms with Crippen LogP contribution in [0.4, 0.5) is 20.3 Å². The van der Waals surface area contributed by atoms with Gasteiger partial charge in [-0.2, -0.15) is 5.10 Å². The van der Waals surface area contributed by atoms with E-state index in [2.05, 4.69) is 21.1 Å². The van der Waals surface area contributed by atoms with Crippen LogP contribution < -0.4 is 15.8 Å². The Balaban J connectivity index is 1.32. The van der Waals surface area contributed by atoms with E-state index in [-0.39, 0.29) is 22.0 Å². The van der Waals surface area contributed by atoms with Crippen molar-refractivity contribution in [3.8, 4) is 11.3 Å². The van der Waals surface area contributed by atoms with E-state index in [9.17, 15) is 12.8 Å². The Morgan fingerprint density at radius 1 is 1.12 bits per heavy atom. The maximum Gasteiger partial charge on any atom is 0.261 e. The van der Waals surface area contributed by atoms with Gasteiger partial charge in [-0.25, -0.2) is 22.2 Å². The van der Waals surface area contributed by atoms with E-state index in [4.69, 9.17) is 15.6 Å². The number of sulfonamides is 1. The average molecular weight is 595 g/mol. The fourth-order valence-electron chi connectivity index (χ4n) is 5.53. The van der Waals surface area contributed by atoms with Crippen molar-refractivity contribution < 1.29 is 21.9 Å². The van der Waals surface area contributed by atoms with Crippen molar-refractivity contribution in [2.45, 2.75) is 56.6 Å². The van der Waals surface area contributed by atoms with E-state index in [1.54, 1.807) is 12.3 Å². The molecule has 1 fully saturated rings. The van der Waals surface area contributed by atoms with Crippen LogP contribution in [0.25, 0.3) is 27.7 Å². The maximum absolute atomic E-state index is 15.4. The molecule has 2 aromatic heterocycles. The summed E-state index contributed by atoms with van der Waals surface area (Å²) < 4.78 is 64.1. The fourth-order valence-corrected chi connectivity index (χ4v) is 6.68. The molecule has 2 aliphatic rings. The first kappa shape index (κ1) is 28.3. The summed E-state index contributed by atoms with van der Waals surface area (Å²) in [6, 6.07) is 8.37. The zero-order valence-electron chi connectivity index (χ0n) is 23.3. The first-order valence-electron chi connectivity index (χ1n) is 13.9. The van der Waals surface area contributed by atoms with Gasteiger partial charge in [0.1, 0.15) is 23.1 Å². The molecule has 1 unspecified atom stereocenters. The summed E-state index contributed by atoms with van der Waals surface area (Å²) in [6.45, 7) is 5.51. The van der Waals surface area contributed by atoms with E-state index in [1.807, 2.05) is 11.6 Å². The van der Waals surface area contributed by atoms with Crippen LogP contribution in [0.2, 0.25) is 0 Å². The molecule has 1 saturated heterocycles. The predicted molar refractivity (Wildman–Crippen MR) is 158 cm³/mol. The van der Waals surface area contributed by atoms with Gasteiger partial charge < -0.3 is 15.8 Å². The summed E-state index contributed by atoms with van der Waals surface area (Å²) in [4.78, 5) is 4.31. The standard InChI is InChI=1S/C30H32F2N6O3S/c1-3-38-29-23(18-4-7-20(8-5-18)35-21-15-41-16-21)14-34-30(33)27(29)28(36-38)19-6-11-26(25(32)13-19)37-42(39,40)22-9-10-24(31)17(2)12-22/h4,6,9-14,20-21,35,37H,3,5,7-8,15-16H2,1-2H3,(H2,33,34). The van der Waals surface area contributed by atoms with Crippen LogP contribution >= 0.6 is 0 Å². The molecule has 9 nitrogen and oxygen atoms in total. The van der Waals surface area contributed by atoms with E-state index < -0.39 is 21.7 Å². The Morgan fingerprint density at radius 2 is 1.93 bits per heavy atom. The molecule has 0 radical (unpaired) electrons. The molecule has 42 heavy (non-hydrogen) atoms. The van der Waals surface area contributed by atoms with Gasteiger partial charge in [0, 0.05) is 29.9 Å². The molecule has 0 saturated carbocycles. The lowest BCUT2D eigenvalue weighted by Crippen LogP contribution is -2.50. The quantitative estimate of drug-likeness (QED) is 0.262. The third kappa shape index (κ3) is 5.25. The molecule has 2 aromatic carbocycles. The molecule has 1 atom stereocenters. The smallest absolute Gasteiger partial charge is 0.261 e. The minimum Gasteiger partial charge on any atom is -0.383 e. The molecule has 0 bridgehead atoms. The second-order valence-corrected chi connectivity index (χ2v) is 12.4. The van der Waals surface area contributed by atoms with Crippen molar-refractivity contribution in [2.24, 2.45) is 0 Å². The Kier molecular flexibility index (Phi) is 7.46. The minimum atomic E-state index is -4.14. The highest BCUT2D eigenvalue weighted by atomic mass is 32.2. The first-order chi connectivity index (χ1) is 20.1. The number of anilines is 2. The number of hydrogen-bond donors (Lipinski definition) is 3. The number of benzene rings is 2. The Labute approximate surface area is 242 Å². The predicted octanol–water partition coefficient (Wildman–Crippen LogP) is 5.01. The van der Waals surface area contributed by atoms with Crippen molar-refractivity contribution >= 4 is 38.0 Å². The number of hydrogen-bond acceptors (Lipinski definition) is 7. The van der Waals surface area contributed by atoms with Gasteiger partial charge in [0.2, 0.25) is 0 Å². The second-order valence-electron chi connectivity index (χ2n) is 10.8. The fraction of sp³-hybridized carbons (Fsp3) is 0.333. The van der Waals surface area contributed by atoms with Crippen LogP contribution in [0.5, 0.6) is 0 Å². The van der Waals surface area contributed by atoms with Gasteiger partial charge in [-0.05, 0) is 74.6 Å². The largest absolute Gasteiger partial charge is 0.383 e. The number of allylic oxidation sites excluding steroid dienone is 1. The third-order valence-corrected chi connectivity index (χ3v) is 9.25. The second kappa shape index (κ2) is 11.1. The summed E-state index contributed by atoms with van der Waals surface area (Å²) in [6.07, 6.45) is 6.77. The van der Waals surface area contributed by atoms with Crippen molar-refractivity contribution in [3.05, 3.63) is 71.4 Å². The lowest BCUT2D eigenvalue weighted by molar-refractivity contribution is -0.0103. The number of nitrogens with one attached hydrogen (secondary N) is 2. The van der Waals surface area contributed by atoms with Gasteiger partial charge >= 0.3 is 0 Å². The minimum absolute atomic E-state index is 0.167. The summed E-state index contributed by atoms with van der Waals surface area (Å²) in [5, 5.41) is 9.05. The number of nitrogens with two attached hydrogens (primary N) is 1. The van der Waals surface area contributed by atoms with Crippen LogP contribution in [0, 0.1) is 18.6 Å². The Hall–Kier alpha value is -3.87. The number of nitrogens with zero attached hydrogens (tertiary/aromatic N) is 3. The highest BCUT2D eigenvalue weighted by Crippen LogP contribution is 2.39. The zero-order valence-corrected chi connectivity index (χ0v) is 24.1. The number of rotatable bonds is 8. The molecular weight excluding hydrogens is 562 g/mol. The van der Waals surface area contributed by atoms with E-state index in [0.29, 0.717) is 35.3 Å². The third-order valence-electron chi connectivity index (χ3n) is 7.89. The zero-order chi connectivity index (χ0) is 29.6. The van der Waals surface area contributed by atoms with E-state index in [1.165, 1.54) is 30.7 Å². The van der Waals surface area contributed by atoms with E-state index in [0.717, 1.165) is 55.7 Å². The monoisotopic (exact) mass is 594 g/mol. The normalized spacial score (nSPS) is 17.7. The lowest BCUT2D eigenvalue weighted by atomic mass is 9.89. The average Bonchev–Trinajstić information content (AvgIpc) is 3.34. The van der Waals surface area contributed by atoms with Crippen LogP contribution in [0.1, 0.15) is 37.3 Å². The molecule has 1 aliphatic carbocycles. The molecule has 4 aromatic rings. The highest BCUT2D eigenvalue weighted by molar-refractivity contribution is 7.92. The molecule has 3 heterocycles. The number of nitrogen functional groups attached to an aromatic ring is 1. The lowest BCUT2D eigenvalue weighted by Gasteiger charge is -2.33. The number of fused-ring (bicyclic) bond motifs is 1. The molecule has 4 N–H and O–H groups in total. The van der Waals surface area contributed by atoms with Crippen molar-refractivity contribution in [1.29, 1.82) is 0 Å². The van der Waals surface area contributed by atoms with Crippen LogP contribution in [-0.4, -0.2) is 48.5 Å². The molecule has 1 aliphatic heterocycles. The number of pyridine rings is 1. The van der Waals surface area contributed by atoms with Gasteiger partial charge in [0.25, 0.3) is 10.0 Å². The van der Waals surface area contributed by atoms with Crippen molar-refractivity contribution in [2.75, 3.05) is 23.7 Å². The summed E-state index contributed by atoms with van der Waals surface area (Å²) in [7, 11) is -4.14. The first-order valence-corrected chi connectivity index (χ1v) is 15.4. The number of ether oxygens (including phenoxy) is 1. The molecular formula is C30H32F2N6O3S. The van der Waals surface area contributed by atoms with Crippen LogP contribution in [-0.2, 0) is 21.3 Å². The van der Waals surface area contributed by atoms with Gasteiger partial charge in [0.05, 0.1) is 40.7 Å². The number of aryl methyl sites for hydroxylation is 2.